The summed E-state index contributed by atoms with van der Waals surface area (Å²) in [6, 6.07) is -0.623. The van der Waals surface area contributed by atoms with Crippen LogP contribution in [0, 0.1) is 0 Å². The highest BCUT2D eigenvalue weighted by atomic mass is 16.3. The summed E-state index contributed by atoms with van der Waals surface area (Å²) in [6.07, 6.45) is 64.8. The Bertz CT molecular complexity index is 919. The molecule has 0 aromatic carbocycles. The van der Waals surface area contributed by atoms with Crippen LogP contribution in [0.5, 0.6) is 0 Å². The first kappa shape index (κ1) is 53.1. The number of hydrogen-bond acceptors (Lipinski definition) is 3. The minimum Gasteiger partial charge on any atom is -0.394 e. The molecular weight excluding hydrogens is 675 g/mol. The van der Waals surface area contributed by atoms with Crippen molar-refractivity contribution in [2.24, 2.45) is 0 Å². The maximum absolute atomic E-state index is 12.4. The van der Waals surface area contributed by atoms with Gasteiger partial charge in [0.15, 0.2) is 0 Å². The molecule has 2 atom stereocenters. The van der Waals surface area contributed by atoms with E-state index in [1.54, 1.807) is 6.08 Å². The van der Waals surface area contributed by atoms with E-state index in [0.717, 1.165) is 51.4 Å². The number of carbonyl (C=O) groups is 1. The third kappa shape index (κ3) is 43.1. The number of aliphatic hydroxyl groups is 2. The van der Waals surface area contributed by atoms with Crippen LogP contribution in [0.1, 0.15) is 239 Å². The van der Waals surface area contributed by atoms with Crippen molar-refractivity contribution in [3.63, 3.8) is 0 Å². The quantitative estimate of drug-likeness (QED) is 0.0427. The molecule has 2 unspecified atom stereocenters. The van der Waals surface area contributed by atoms with Gasteiger partial charge in [-0.2, -0.15) is 0 Å². The van der Waals surface area contributed by atoms with Gasteiger partial charge in [-0.1, -0.05) is 235 Å². The lowest BCUT2D eigenvalue weighted by Gasteiger charge is -2.20. The highest BCUT2D eigenvalue weighted by Gasteiger charge is 2.17. The Morgan fingerprint density at radius 2 is 0.800 bits per heavy atom. The van der Waals surface area contributed by atoms with E-state index in [-0.39, 0.29) is 12.5 Å². The SMILES string of the molecule is CC/C=C\C/C=C\C/C=C\C/C=C\CCCCCCCCCCCCCCCCC(=O)NC(CO)C(O)/C=C/CCCCCCCCCCCCCCCC. The molecule has 0 bridgehead atoms. The topological polar surface area (TPSA) is 69.6 Å². The Kier molecular flexibility index (Phi) is 44.9. The first-order valence-electron chi connectivity index (χ1n) is 24.0. The Morgan fingerprint density at radius 3 is 1.20 bits per heavy atom. The highest BCUT2D eigenvalue weighted by molar-refractivity contribution is 5.76. The van der Waals surface area contributed by atoms with Gasteiger partial charge >= 0.3 is 0 Å². The van der Waals surface area contributed by atoms with E-state index in [4.69, 9.17) is 0 Å². The molecule has 1 amide bonds. The number of unbranched alkanes of at least 4 members (excludes halogenated alkanes) is 28. The lowest BCUT2D eigenvalue weighted by atomic mass is 10.0. The summed E-state index contributed by atoms with van der Waals surface area (Å²) in [5, 5.41) is 23.1. The Labute approximate surface area is 343 Å². The summed E-state index contributed by atoms with van der Waals surface area (Å²) in [4.78, 5) is 12.4. The summed E-state index contributed by atoms with van der Waals surface area (Å²) in [6.45, 7) is 4.20. The zero-order valence-corrected chi connectivity index (χ0v) is 36.7. The van der Waals surface area contributed by atoms with E-state index in [1.165, 1.54) is 167 Å². The number of amides is 1. The van der Waals surface area contributed by atoms with Crippen molar-refractivity contribution in [2.75, 3.05) is 6.61 Å². The zero-order chi connectivity index (χ0) is 40.0. The molecule has 0 saturated carbocycles. The Balaban J connectivity index is 3.53. The molecule has 0 saturated heterocycles. The smallest absolute Gasteiger partial charge is 0.220 e. The summed E-state index contributed by atoms with van der Waals surface area (Å²) >= 11 is 0. The fourth-order valence-electron chi connectivity index (χ4n) is 7.11. The van der Waals surface area contributed by atoms with Crippen molar-refractivity contribution in [3.8, 4) is 0 Å². The molecule has 0 aromatic rings. The summed E-state index contributed by atoms with van der Waals surface area (Å²) < 4.78 is 0. The maximum atomic E-state index is 12.4. The average molecular weight is 768 g/mol. The monoisotopic (exact) mass is 768 g/mol. The number of nitrogens with one attached hydrogen (secondary N) is 1. The van der Waals surface area contributed by atoms with Crippen molar-refractivity contribution in [3.05, 3.63) is 60.8 Å². The van der Waals surface area contributed by atoms with Crippen molar-refractivity contribution in [1.82, 2.24) is 5.32 Å². The minimum absolute atomic E-state index is 0.0654. The van der Waals surface area contributed by atoms with Crippen molar-refractivity contribution in [2.45, 2.75) is 251 Å². The van der Waals surface area contributed by atoms with Gasteiger partial charge in [0.2, 0.25) is 5.91 Å². The van der Waals surface area contributed by atoms with Crippen LogP contribution in [0.15, 0.2) is 60.8 Å². The molecule has 0 aliphatic heterocycles. The fourth-order valence-corrected chi connectivity index (χ4v) is 7.11. The molecular formula is C51H93NO3. The predicted molar refractivity (Wildman–Crippen MR) is 244 cm³/mol. The molecule has 3 N–H and O–H groups in total. The van der Waals surface area contributed by atoms with Crippen molar-refractivity contribution >= 4 is 5.91 Å². The molecule has 4 heteroatoms. The van der Waals surface area contributed by atoms with Gasteiger partial charge in [-0.25, -0.2) is 0 Å². The normalized spacial score (nSPS) is 13.5. The van der Waals surface area contributed by atoms with E-state index in [2.05, 4.69) is 67.8 Å². The van der Waals surface area contributed by atoms with Crippen LogP contribution in [0.25, 0.3) is 0 Å². The standard InChI is InChI=1S/C51H93NO3/c1-3-5-7-9-11-13-15-17-19-21-22-23-24-25-26-27-28-29-30-31-33-35-37-39-41-43-45-47-51(55)52-49(48-53)50(54)46-44-42-40-38-36-34-32-20-18-16-14-12-10-8-6-4-2/h5,7,11,13,17,19,22-23,44,46,49-50,53-54H,3-4,6,8-10,12,14-16,18,20-21,24-43,45,47-48H2,1-2H3,(H,52,55)/b7-5-,13-11-,19-17-,23-22-,46-44+. The Hall–Kier alpha value is -1.91. The van der Waals surface area contributed by atoms with E-state index >= 15 is 0 Å². The van der Waals surface area contributed by atoms with Gasteiger partial charge in [-0.05, 0) is 57.8 Å². The van der Waals surface area contributed by atoms with Gasteiger partial charge in [-0.3, -0.25) is 4.79 Å². The van der Waals surface area contributed by atoms with Crippen molar-refractivity contribution < 1.29 is 15.0 Å². The molecule has 0 spiro atoms. The lowest BCUT2D eigenvalue weighted by Crippen LogP contribution is -2.45. The Morgan fingerprint density at radius 1 is 0.455 bits per heavy atom. The van der Waals surface area contributed by atoms with Crippen LogP contribution < -0.4 is 5.32 Å². The maximum Gasteiger partial charge on any atom is 0.220 e. The molecule has 320 valence electrons. The summed E-state index contributed by atoms with van der Waals surface area (Å²) in [7, 11) is 0. The predicted octanol–water partition coefficient (Wildman–Crippen LogP) is 15.3. The molecule has 55 heavy (non-hydrogen) atoms. The highest BCUT2D eigenvalue weighted by Crippen LogP contribution is 2.15. The van der Waals surface area contributed by atoms with Crippen LogP contribution in [-0.2, 0) is 4.79 Å². The van der Waals surface area contributed by atoms with Crippen LogP contribution in [0.4, 0.5) is 0 Å². The molecule has 0 rings (SSSR count). The number of allylic oxidation sites excluding steroid dienone is 9. The largest absolute Gasteiger partial charge is 0.394 e. The molecule has 4 nitrogen and oxygen atoms in total. The van der Waals surface area contributed by atoms with Crippen LogP contribution in [0.2, 0.25) is 0 Å². The minimum atomic E-state index is -0.840. The number of aliphatic hydroxyl groups excluding tert-OH is 2. The summed E-state index contributed by atoms with van der Waals surface area (Å²) in [5.74, 6) is -0.0654. The zero-order valence-electron chi connectivity index (χ0n) is 36.7. The van der Waals surface area contributed by atoms with E-state index < -0.39 is 12.1 Å². The molecule has 0 aliphatic carbocycles. The second-order valence-electron chi connectivity index (χ2n) is 16.1. The van der Waals surface area contributed by atoms with E-state index in [0.29, 0.717) is 6.42 Å². The van der Waals surface area contributed by atoms with Gasteiger partial charge in [0, 0.05) is 6.42 Å². The third-order valence-corrected chi connectivity index (χ3v) is 10.8. The fraction of sp³-hybridized carbons (Fsp3) is 0.784. The molecule has 0 fully saturated rings. The first-order valence-corrected chi connectivity index (χ1v) is 24.0. The van der Waals surface area contributed by atoms with Crippen LogP contribution in [-0.4, -0.2) is 34.9 Å². The van der Waals surface area contributed by atoms with Gasteiger partial charge < -0.3 is 15.5 Å². The summed E-state index contributed by atoms with van der Waals surface area (Å²) in [5.41, 5.74) is 0. The second-order valence-corrected chi connectivity index (χ2v) is 16.1. The second kappa shape index (κ2) is 46.5. The molecule has 0 heterocycles. The van der Waals surface area contributed by atoms with Crippen molar-refractivity contribution in [1.29, 1.82) is 0 Å². The van der Waals surface area contributed by atoms with Crippen LogP contribution >= 0.6 is 0 Å². The first-order chi connectivity index (χ1) is 27.2. The van der Waals surface area contributed by atoms with Gasteiger partial charge in [0.25, 0.3) is 0 Å². The van der Waals surface area contributed by atoms with Gasteiger partial charge in [-0.15, -0.1) is 0 Å². The molecule has 0 aliphatic rings. The third-order valence-electron chi connectivity index (χ3n) is 10.8. The molecule has 0 radical (unpaired) electrons. The van der Waals surface area contributed by atoms with E-state index in [1.807, 2.05) is 6.08 Å². The molecule has 0 aromatic heterocycles. The lowest BCUT2D eigenvalue weighted by molar-refractivity contribution is -0.123. The van der Waals surface area contributed by atoms with Gasteiger partial charge in [0.05, 0.1) is 18.8 Å². The van der Waals surface area contributed by atoms with Crippen LogP contribution in [0.3, 0.4) is 0 Å². The number of carbonyl (C=O) groups excluding carboxylic acids is 1. The number of rotatable bonds is 43. The van der Waals surface area contributed by atoms with Gasteiger partial charge in [0.1, 0.15) is 0 Å². The number of hydrogen-bond donors (Lipinski definition) is 3. The van der Waals surface area contributed by atoms with E-state index in [9.17, 15) is 15.0 Å². The average Bonchev–Trinajstić information content (AvgIpc) is 3.19.